The molecule has 0 aliphatic heterocycles. The first-order valence-corrected chi connectivity index (χ1v) is 8.60. The molecule has 6 nitrogen and oxygen atoms in total. The summed E-state index contributed by atoms with van der Waals surface area (Å²) >= 11 is 3.37. The van der Waals surface area contributed by atoms with Crippen molar-refractivity contribution in [2.45, 2.75) is 25.3 Å². The number of aromatic amines is 1. The SMILES string of the molecule is CNCc1n[nH]c(C)c1S(=O)(=O)Nc1ccc(C)cc1Br. The monoisotopic (exact) mass is 372 g/mol. The van der Waals surface area contributed by atoms with E-state index in [2.05, 4.69) is 36.2 Å². The molecule has 21 heavy (non-hydrogen) atoms. The largest absolute Gasteiger partial charge is 0.314 e. The van der Waals surface area contributed by atoms with Gasteiger partial charge in [-0.05, 0) is 54.5 Å². The van der Waals surface area contributed by atoms with Gasteiger partial charge in [0.2, 0.25) is 0 Å². The van der Waals surface area contributed by atoms with Crippen LogP contribution in [0, 0.1) is 13.8 Å². The second-order valence-corrected chi connectivity index (χ2v) is 7.22. The minimum absolute atomic E-state index is 0.185. The number of rotatable bonds is 5. The summed E-state index contributed by atoms with van der Waals surface area (Å²) in [5.41, 5.74) is 2.51. The third kappa shape index (κ3) is 3.45. The van der Waals surface area contributed by atoms with E-state index in [-0.39, 0.29) is 4.90 Å². The molecule has 0 radical (unpaired) electrons. The molecule has 2 aromatic rings. The maximum absolute atomic E-state index is 12.6. The molecule has 0 bridgehead atoms. The van der Waals surface area contributed by atoms with Crippen LogP contribution in [0.3, 0.4) is 0 Å². The lowest BCUT2D eigenvalue weighted by Crippen LogP contribution is -2.17. The van der Waals surface area contributed by atoms with Gasteiger partial charge in [-0.2, -0.15) is 5.10 Å². The zero-order valence-corrected chi connectivity index (χ0v) is 14.4. The first kappa shape index (κ1) is 16.0. The number of anilines is 1. The Morgan fingerprint density at radius 1 is 1.33 bits per heavy atom. The summed E-state index contributed by atoms with van der Waals surface area (Å²) in [6, 6.07) is 5.43. The highest BCUT2D eigenvalue weighted by Crippen LogP contribution is 2.27. The molecule has 0 spiro atoms. The summed E-state index contributed by atoms with van der Waals surface area (Å²) in [6.07, 6.45) is 0. The number of hydrogen-bond acceptors (Lipinski definition) is 4. The summed E-state index contributed by atoms with van der Waals surface area (Å²) in [4.78, 5) is 0.185. The lowest BCUT2D eigenvalue weighted by Gasteiger charge is -2.11. The molecule has 0 fully saturated rings. The molecule has 114 valence electrons. The molecular formula is C13H17BrN4O2S. The van der Waals surface area contributed by atoms with E-state index in [0.717, 1.165) is 5.56 Å². The molecule has 0 unspecified atom stereocenters. The van der Waals surface area contributed by atoms with E-state index in [1.54, 1.807) is 20.0 Å². The van der Waals surface area contributed by atoms with Crippen molar-refractivity contribution >= 4 is 31.6 Å². The van der Waals surface area contributed by atoms with Crippen molar-refractivity contribution in [3.8, 4) is 0 Å². The van der Waals surface area contributed by atoms with Gasteiger partial charge in [-0.15, -0.1) is 0 Å². The Balaban J connectivity index is 2.41. The number of sulfonamides is 1. The average molecular weight is 373 g/mol. The van der Waals surface area contributed by atoms with Crippen molar-refractivity contribution in [1.29, 1.82) is 0 Å². The highest BCUT2D eigenvalue weighted by atomic mass is 79.9. The highest BCUT2D eigenvalue weighted by molar-refractivity contribution is 9.10. The zero-order chi connectivity index (χ0) is 15.6. The molecule has 8 heteroatoms. The van der Waals surface area contributed by atoms with E-state index < -0.39 is 10.0 Å². The Kier molecular flexibility index (Phi) is 4.70. The minimum atomic E-state index is -3.70. The molecule has 0 aliphatic carbocycles. The Hall–Kier alpha value is -1.38. The maximum atomic E-state index is 12.6. The number of aryl methyl sites for hydroxylation is 2. The predicted molar refractivity (Wildman–Crippen MR) is 85.8 cm³/mol. The molecule has 3 N–H and O–H groups in total. The van der Waals surface area contributed by atoms with Gasteiger partial charge in [0, 0.05) is 11.0 Å². The van der Waals surface area contributed by atoms with Gasteiger partial charge in [0.25, 0.3) is 10.0 Å². The van der Waals surface area contributed by atoms with Crippen molar-refractivity contribution in [2.75, 3.05) is 11.8 Å². The molecule has 0 atom stereocenters. The first-order chi connectivity index (χ1) is 9.85. The fourth-order valence-corrected chi connectivity index (χ4v) is 4.18. The summed E-state index contributed by atoms with van der Waals surface area (Å²) in [5.74, 6) is 0. The standard InChI is InChI=1S/C13H17BrN4O2S/c1-8-4-5-11(10(14)6-8)18-21(19,20)13-9(2)16-17-12(13)7-15-3/h4-6,15,18H,7H2,1-3H3,(H,16,17). The van der Waals surface area contributed by atoms with Crippen LogP contribution in [0.4, 0.5) is 5.69 Å². The van der Waals surface area contributed by atoms with E-state index in [1.807, 2.05) is 19.1 Å². The lowest BCUT2D eigenvalue weighted by molar-refractivity contribution is 0.598. The fraction of sp³-hybridized carbons (Fsp3) is 0.308. The Labute approximate surface area is 132 Å². The van der Waals surface area contributed by atoms with Gasteiger partial charge < -0.3 is 5.32 Å². The summed E-state index contributed by atoms with van der Waals surface area (Å²) in [7, 11) is -1.96. The van der Waals surface area contributed by atoms with Crippen molar-refractivity contribution in [1.82, 2.24) is 15.5 Å². The molecule has 1 aromatic heterocycles. The summed E-state index contributed by atoms with van der Waals surface area (Å²) in [6.45, 7) is 3.99. The van der Waals surface area contributed by atoms with E-state index >= 15 is 0 Å². The Morgan fingerprint density at radius 3 is 2.67 bits per heavy atom. The lowest BCUT2D eigenvalue weighted by atomic mass is 10.2. The number of nitrogens with zero attached hydrogens (tertiary/aromatic N) is 1. The van der Waals surface area contributed by atoms with Gasteiger partial charge in [0.15, 0.2) is 0 Å². The minimum Gasteiger partial charge on any atom is -0.314 e. The summed E-state index contributed by atoms with van der Waals surface area (Å²) < 4.78 is 28.5. The second-order valence-electron chi connectivity index (χ2n) is 4.74. The first-order valence-electron chi connectivity index (χ1n) is 6.32. The number of nitrogens with one attached hydrogen (secondary N) is 3. The molecular weight excluding hydrogens is 356 g/mol. The number of hydrogen-bond donors (Lipinski definition) is 3. The molecule has 0 saturated carbocycles. The van der Waals surface area contributed by atoms with Crippen LogP contribution >= 0.6 is 15.9 Å². The molecule has 1 aromatic carbocycles. The van der Waals surface area contributed by atoms with Crippen LogP contribution in [0.25, 0.3) is 0 Å². The third-order valence-corrected chi connectivity index (χ3v) is 5.17. The van der Waals surface area contributed by atoms with Crippen LogP contribution in [0.15, 0.2) is 27.6 Å². The van der Waals surface area contributed by atoms with E-state index in [1.165, 1.54) is 0 Å². The van der Waals surface area contributed by atoms with Crippen LogP contribution in [-0.4, -0.2) is 25.7 Å². The Bertz CT molecular complexity index is 756. The maximum Gasteiger partial charge on any atom is 0.265 e. The van der Waals surface area contributed by atoms with Crippen LogP contribution in [0.2, 0.25) is 0 Å². The van der Waals surface area contributed by atoms with Gasteiger partial charge >= 0.3 is 0 Å². The van der Waals surface area contributed by atoms with Gasteiger partial charge in [-0.1, -0.05) is 6.07 Å². The van der Waals surface area contributed by atoms with Crippen molar-refractivity contribution in [3.63, 3.8) is 0 Å². The van der Waals surface area contributed by atoms with E-state index in [9.17, 15) is 8.42 Å². The topological polar surface area (TPSA) is 86.9 Å². The van der Waals surface area contributed by atoms with Gasteiger partial charge in [-0.3, -0.25) is 9.82 Å². The molecule has 0 saturated heterocycles. The quantitative estimate of drug-likeness (QED) is 0.751. The van der Waals surface area contributed by atoms with Crippen LogP contribution < -0.4 is 10.0 Å². The Morgan fingerprint density at radius 2 is 2.05 bits per heavy atom. The van der Waals surface area contributed by atoms with Crippen molar-refractivity contribution in [3.05, 3.63) is 39.6 Å². The van der Waals surface area contributed by atoms with E-state index in [4.69, 9.17) is 0 Å². The van der Waals surface area contributed by atoms with Crippen LogP contribution in [0.1, 0.15) is 17.0 Å². The third-order valence-electron chi connectivity index (χ3n) is 2.94. The van der Waals surface area contributed by atoms with Gasteiger partial charge in [-0.25, -0.2) is 8.42 Å². The van der Waals surface area contributed by atoms with Crippen molar-refractivity contribution in [2.24, 2.45) is 0 Å². The van der Waals surface area contributed by atoms with Crippen LogP contribution in [0.5, 0.6) is 0 Å². The summed E-state index contributed by atoms with van der Waals surface area (Å²) in [5, 5.41) is 9.66. The number of aromatic nitrogens is 2. The highest BCUT2D eigenvalue weighted by Gasteiger charge is 2.24. The molecule has 1 heterocycles. The fourth-order valence-electron chi connectivity index (χ4n) is 2.01. The normalized spacial score (nSPS) is 11.6. The van der Waals surface area contributed by atoms with E-state index in [0.29, 0.717) is 28.1 Å². The number of benzene rings is 1. The predicted octanol–water partition coefficient (Wildman–Crippen LogP) is 2.31. The number of halogens is 1. The van der Waals surface area contributed by atoms with Gasteiger partial charge in [0.1, 0.15) is 4.90 Å². The smallest absolute Gasteiger partial charge is 0.265 e. The number of H-pyrrole nitrogens is 1. The van der Waals surface area contributed by atoms with Crippen LogP contribution in [-0.2, 0) is 16.6 Å². The molecule has 0 amide bonds. The van der Waals surface area contributed by atoms with Crippen molar-refractivity contribution < 1.29 is 8.42 Å². The molecule has 0 aliphatic rings. The van der Waals surface area contributed by atoms with Gasteiger partial charge in [0.05, 0.1) is 17.1 Å². The molecule has 2 rings (SSSR count). The zero-order valence-electron chi connectivity index (χ0n) is 12.0. The average Bonchev–Trinajstić information content (AvgIpc) is 2.75. The second kappa shape index (κ2) is 6.17.